The normalized spacial score (nSPS) is 10.9. The van der Waals surface area contributed by atoms with Gasteiger partial charge in [0.2, 0.25) is 5.91 Å². The van der Waals surface area contributed by atoms with Crippen LogP contribution in [0, 0.1) is 19.7 Å². The first-order valence-corrected chi connectivity index (χ1v) is 11.6. The predicted molar refractivity (Wildman–Crippen MR) is 119 cm³/mol. The van der Waals surface area contributed by atoms with Crippen molar-refractivity contribution in [3.05, 3.63) is 59.0 Å². The first kappa shape index (κ1) is 20.6. The topological polar surface area (TPSA) is 80.7 Å². The largest absolute Gasteiger partial charge is 0.301 e. The van der Waals surface area contributed by atoms with Gasteiger partial charge in [0.25, 0.3) is 0 Å². The van der Waals surface area contributed by atoms with Crippen LogP contribution in [-0.4, -0.2) is 31.8 Å². The van der Waals surface area contributed by atoms with Gasteiger partial charge in [0.15, 0.2) is 5.13 Å². The molecule has 0 fully saturated rings. The Hall–Kier alpha value is -2.69. The van der Waals surface area contributed by atoms with Crippen LogP contribution in [0.1, 0.15) is 11.4 Å². The lowest BCUT2D eigenvalue weighted by Gasteiger charge is -2.02. The molecular formula is C20H16FN5OS3. The number of halogens is 1. The van der Waals surface area contributed by atoms with E-state index in [1.165, 1.54) is 46.6 Å². The maximum atomic E-state index is 13.1. The number of carbonyl (C=O) groups excluding carboxylic acids is 1. The van der Waals surface area contributed by atoms with Crippen LogP contribution in [0.4, 0.5) is 9.52 Å². The lowest BCUT2D eigenvalue weighted by Crippen LogP contribution is -2.14. The van der Waals surface area contributed by atoms with Gasteiger partial charge in [-0.25, -0.2) is 14.4 Å². The van der Waals surface area contributed by atoms with Gasteiger partial charge in [0.05, 0.1) is 22.0 Å². The zero-order valence-corrected chi connectivity index (χ0v) is 18.5. The molecule has 0 atom stereocenters. The molecule has 1 aromatic carbocycles. The Bertz CT molecular complexity index is 1170. The molecule has 0 bridgehead atoms. The number of hydrogen-bond donors (Lipinski definition) is 1. The van der Waals surface area contributed by atoms with Crippen LogP contribution in [0.2, 0.25) is 0 Å². The third kappa shape index (κ3) is 4.89. The summed E-state index contributed by atoms with van der Waals surface area (Å²) in [4.78, 5) is 21.7. The van der Waals surface area contributed by atoms with E-state index in [9.17, 15) is 9.18 Å². The molecule has 1 amide bonds. The minimum atomic E-state index is -0.276. The molecule has 3 aromatic heterocycles. The van der Waals surface area contributed by atoms with E-state index >= 15 is 0 Å². The molecule has 0 aliphatic rings. The van der Waals surface area contributed by atoms with E-state index in [0.717, 1.165) is 26.8 Å². The van der Waals surface area contributed by atoms with E-state index in [2.05, 4.69) is 25.5 Å². The molecule has 30 heavy (non-hydrogen) atoms. The molecular weight excluding hydrogens is 441 g/mol. The molecule has 4 rings (SSSR count). The summed E-state index contributed by atoms with van der Waals surface area (Å²) in [5.74, 6) is -0.190. The third-order valence-corrected chi connectivity index (χ3v) is 7.00. The number of rotatable bonds is 6. The van der Waals surface area contributed by atoms with Crippen molar-refractivity contribution >= 4 is 45.5 Å². The van der Waals surface area contributed by atoms with Gasteiger partial charge in [-0.15, -0.1) is 32.9 Å². The minimum Gasteiger partial charge on any atom is -0.301 e. The highest BCUT2D eigenvalue weighted by Crippen LogP contribution is 2.34. The number of aryl methyl sites for hydroxylation is 2. The fourth-order valence-corrected chi connectivity index (χ4v) is 4.93. The number of amides is 1. The molecule has 0 saturated carbocycles. The summed E-state index contributed by atoms with van der Waals surface area (Å²) in [6.45, 7) is 3.79. The van der Waals surface area contributed by atoms with E-state index in [0.29, 0.717) is 15.9 Å². The standard InChI is InChI=1S/C20H16FN5OS3/c1-11-9-29-20(22-11)24-16(27)10-28-17-8-7-15(25-26-17)18-12(2)23-19(30-18)13-3-5-14(21)6-4-13/h3-9H,10H2,1-2H3,(H,22,24,27). The zero-order valence-electron chi connectivity index (χ0n) is 16.0. The third-order valence-electron chi connectivity index (χ3n) is 3.98. The first-order valence-electron chi connectivity index (χ1n) is 8.90. The Morgan fingerprint density at radius 1 is 1.10 bits per heavy atom. The second-order valence-corrected chi connectivity index (χ2v) is 9.18. The zero-order chi connectivity index (χ0) is 21.1. The molecule has 0 aliphatic carbocycles. The number of benzene rings is 1. The lowest BCUT2D eigenvalue weighted by molar-refractivity contribution is -0.113. The monoisotopic (exact) mass is 457 g/mol. The molecule has 0 aliphatic heterocycles. The van der Waals surface area contributed by atoms with Crippen molar-refractivity contribution in [3.63, 3.8) is 0 Å². The van der Waals surface area contributed by atoms with Crippen LogP contribution in [0.3, 0.4) is 0 Å². The average Bonchev–Trinajstić information content (AvgIpc) is 3.32. The van der Waals surface area contributed by atoms with Crippen molar-refractivity contribution in [3.8, 4) is 21.1 Å². The van der Waals surface area contributed by atoms with Gasteiger partial charge in [-0.2, -0.15) is 0 Å². The molecule has 0 unspecified atom stereocenters. The summed E-state index contributed by atoms with van der Waals surface area (Å²) in [7, 11) is 0. The summed E-state index contributed by atoms with van der Waals surface area (Å²) in [5, 5.41) is 15.2. The van der Waals surface area contributed by atoms with Gasteiger partial charge >= 0.3 is 0 Å². The Morgan fingerprint density at radius 2 is 1.90 bits per heavy atom. The molecule has 0 radical (unpaired) electrons. The number of aromatic nitrogens is 4. The summed E-state index contributed by atoms with van der Waals surface area (Å²) < 4.78 is 13.1. The summed E-state index contributed by atoms with van der Waals surface area (Å²) in [6, 6.07) is 9.96. The maximum absolute atomic E-state index is 13.1. The first-order chi connectivity index (χ1) is 14.5. The van der Waals surface area contributed by atoms with Crippen molar-refractivity contribution in [2.75, 3.05) is 11.1 Å². The lowest BCUT2D eigenvalue weighted by atomic mass is 10.2. The van der Waals surface area contributed by atoms with Gasteiger partial charge in [0, 0.05) is 10.9 Å². The fourth-order valence-electron chi connectivity index (χ4n) is 2.57. The number of nitrogens with one attached hydrogen (secondary N) is 1. The van der Waals surface area contributed by atoms with E-state index in [-0.39, 0.29) is 17.5 Å². The van der Waals surface area contributed by atoms with Crippen LogP contribution < -0.4 is 5.32 Å². The molecule has 0 saturated heterocycles. The number of thioether (sulfide) groups is 1. The number of carbonyl (C=O) groups is 1. The second-order valence-electron chi connectivity index (χ2n) is 6.33. The van der Waals surface area contributed by atoms with E-state index in [1.54, 1.807) is 12.1 Å². The Labute approximate surface area is 184 Å². The van der Waals surface area contributed by atoms with E-state index in [4.69, 9.17) is 0 Å². The van der Waals surface area contributed by atoms with Crippen LogP contribution in [0.5, 0.6) is 0 Å². The molecule has 6 nitrogen and oxygen atoms in total. The van der Waals surface area contributed by atoms with Gasteiger partial charge in [0.1, 0.15) is 21.5 Å². The number of hydrogen-bond acceptors (Lipinski definition) is 8. The Morgan fingerprint density at radius 3 is 2.57 bits per heavy atom. The number of anilines is 1. The molecule has 3 heterocycles. The van der Waals surface area contributed by atoms with Gasteiger partial charge in [-0.05, 0) is 50.2 Å². The van der Waals surface area contributed by atoms with Crippen LogP contribution in [0.25, 0.3) is 21.1 Å². The van der Waals surface area contributed by atoms with Gasteiger partial charge < -0.3 is 5.32 Å². The quantitative estimate of drug-likeness (QED) is 0.400. The van der Waals surface area contributed by atoms with E-state index in [1.807, 2.05) is 31.4 Å². The average molecular weight is 458 g/mol. The summed E-state index contributed by atoms with van der Waals surface area (Å²) >= 11 is 4.19. The minimum absolute atomic E-state index is 0.137. The van der Waals surface area contributed by atoms with Crippen molar-refractivity contribution in [1.82, 2.24) is 20.2 Å². The van der Waals surface area contributed by atoms with Crippen molar-refractivity contribution in [2.45, 2.75) is 18.9 Å². The fraction of sp³-hybridized carbons (Fsp3) is 0.150. The second kappa shape index (κ2) is 8.99. The molecule has 0 spiro atoms. The molecule has 152 valence electrons. The SMILES string of the molecule is Cc1csc(NC(=O)CSc2ccc(-c3sc(-c4ccc(F)cc4)nc3C)nn2)n1. The highest BCUT2D eigenvalue weighted by Gasteiger charge is 2.14. The van der Waals surface area contributed by atoms with E-state index < -0.39 is 0 Å². The van der Waals surface area contributed by atoms with Gasteiger partial charge in [-0.3, -0.25) is 4.79 Å². The summed E-state index contributed by atoms with van der Waals surface area (Å²) in [6.07, 6.45) is 0. The smallest absolute Gasteiger partial charge is 0.236 e. The Balaban J connectivity index is 1.41. The molecule has 4 aromatic rings. The maximum Gasteiger partial charge on any atom is 0.236 e. The van der Waals surface area contributed by atoms with Crippen LogP contribution >= 0.6 is 34.4 Å². The number of thiazole rings is 2. The highest BCUT2D eigenvalue weighted by molar-refractivity contribution is 7.99. The van der Waals surface area contributed by atoms with Gasteiger partial charge in [-0.1, -0.05) is 11.8 Å². The summed E-state index contributed by atoms with van der Waals surface area (Å²) in [5.41, 5.74) is 3.29. The number of nitrogens with zero attached hydrogens (tertiary/aromatic N) is 4. The van der Waals surface area contributed by atoms with Crippen LogP contribution in [-0.2, 0) is 4.79 Å². The Kier molecular flexibility index (Phi) is 6.16. The molecule has 1 N–H and O–H groups in total. The van der Waals surface area contributed by atoms with Crippen molar-refractivity contribution in [2.24, 2.45) is 0 Å². The predicted octanol–water partition coefficient (Wildman–Crippen LogP) is 5.21. The van der Waals surface area contributed by atoms with Crippen molar-refractivity contribution in [1.29, 1.82) is 0 Å². The molecule has 10 heteroatoms. The van der Waals surface area contributed by atoms with Crippen LogP contribution in [0.15, 0.2) is 46.8 Å². The van der Waals surface area contributed by atoms with Crippen molar-refractivity contribution < 1.29 is 9.18 Å². The highest BCUT2D eigenvalue weighted by atomic mass is 32.2.